The minimum atomic E-state index is -0.572. The van der Waals surface area contributed by atoms with Crippen molar-refractivity contribution in [2.75, 3.05) is 22.1 Å². The highest BCUT2D eigenvalue weighted by atomic mass is 32.2. The summed E-state index contributed by atoms with van der Waals surface area (Å²) in [6.45, 7) is -0.00399. The Labute approximate surface area is 280 Å². The van der Waals surface area contributed by atoms with Gasteiger partial charge in [0.05, 0.1) is 35.2 Å². The van der Waals surface area contributed by atoms with Crippen molar-refractivity contribution in [3.63, 3.8) is 0 Å². The number of nitrogens with zero attached hydrogens (tertiary/aromatic N) is 1. The fourth-order valence-electron chi connectivity index (χ4n) is 5.33. The minimum Gasteiger partial charge on any atom is -0.397 e. The van der Waals surface area contributed by atoms with Crippen LogP contribution in [0.3, 0.4) is 0 Å². The predicted molar refractivity (Wildman–Crippen MR) is 186 cm³/mol. The van der Waals surface area contributed by atoms with E-state index in [0.29, 0.717) is 36.3 Å². The van der Waals surface area contributed by atoms with Crippen LogP contribution in [0.15, 0.2) is 102 Å². The molecule has 0 bridgehead atoms. The summed E-state index contributed by atoms with van der Waals surface area (Å²) in [4.78, 5) is 29.2. The highest BCUT2D eigenvalue weighted by Gasteiger charge is 2.32. The molecule has 1 fully saturated rings. The number of aliphatic hydroxyl groups is 1. The number of ether oxygens (including phenoxy) is 2. The Bertz CT molecular complexity index is 1570. The molecule has 9 nitrogen and oxygen atoms in total. The average molecular weight is 655 g/mol. The topological polar surface area (TPSA) is 136 Å². The highest BCUT2D eigenvalue weighted by Crippen LogP contribution is 2.39. The molecule has 4 aromatic rings. The molecule has 246 valence electrons. The Balaban J connectivity index is 1.08. The molecule has 0 aliphatic carbocycles. The third kappa shape index (κ3) is 10.7. The standard InChI is InChI=1S/C37H42N4O5S/c38-31-9-5-6-10-32(31)41-35(44)12-4-2-1-3-11-34(43)40-29-20-18-28(19-21-29)37-45-30(25-47-36-13-7-8-22-39-36)23-33(46-37)27-16-14-26(24-42)15-17-27/h5-10,13-22,30,33,37,42H,1-4,11-12,23-25,38H2,(H,40,43)(H,41,44). The van der Waals surface area contributed by atoms with E-state index in [9.17, 15) is 14.7 Å². The van der Waals surface area contributed by atoms with Crippen LogP contribution in [0, 0.1) is 0 Å². The lowest BCUT2D eigenvalue weighted by Crippen LogP contribution is -2.31. The van der Waals surface area contributed by atoms with Crippen LogP contribution < -0.4 is 16.4 Å². The van der Waals surface area contributed by atoms with Crippen LogP contribution in [0.2, 0.25) is 0 Å². The smallest absolute Gasteiger partial charge is 0.224 e. The number of para-hydroxylation sites is 2. The molecular formula is C37H42N4O5S. The summed E-state index contributed by atoms with van der Waals surface area (Å²) in [6.07, 6.45) is 5.74. The molecular weight excluding hydrogens is 612 g/mol. The number of nitrogen functional groups attached to an aromatic ring is 1. The lowest BCUT2D eigenvalue weighted by molar-refractivity contribution is -0.245. The number of rotatable bonds is 15. The second kappa shape index (κ2) is 17.6. The number of aromatic nitrogens is 1. The monoisotopic (exact) mass is 654 g/mol. The number of carbonyl (C=O) groups excluding carboxylic acids is 2. The SMILES string of the molecule is Nc1ccccc1NC(=O)CCCCCCC(=O)Nc1ccc(C2OC(CSc3ccccn3)CC(c3ccc(CO)cc3)O2)cc1. The third-order valence-electron chi connectivity index (χ3n) is 7.93. The summed E-state index contributed by atoms with van der Waals surface area (Å²) in [5, 5.41) is 16.2. The normalized spacial score (nSPS) is 17.6. The maximum atomic E-state index is 12.6. The van der Waals surface area contributed by atoms with Gasteiger partial charge in [-0.25, -0.2) is 4.98 Å². The van der Waals surface area contributed by atoms with Gasteiger partial charge in [0.15, 0.2) is 6.29 Å². The number of hydrogen-bond acceptors (Lipinski definition) is 8. The second-order valence-corrected chi connectivity index (χ2v) is 12.6. The number of unbranched alkanes of at least 4 members (excludes halogenated alkanes) is 3. The van der Waals surface area contributed by atoms with Gasteiger partial charge in [0, 0.05) is 42.5 Å². The number of carbonyl (C=O) groups is 2. The first-order valence-electron chi connectivity index (χ1n) is 16.1. The average Bonchev–Trinajstić information content (AvgIpc) is 3.10. The molecule has 3 atom stereocenters. The molecule has 5 rings (SSSR count). The molecule has 47 heavy (non-hydrogen) atoms. The van der Waals surface area contributed by atoms with Gasteiger partial charge in [-0.05, 0) is 60.4 Å². The fourth-order valence-corrected chi connectivity index (χ4v) is 6.21. The van der Waals surface area contributed by atoms with Gasteiger partial charge in [-0.3, -0.25) is 9.59 Å². The van der Waals surface area contributed by atoms with E-state index in [2.05, 4.69) is 15.6 Å². The van der Waals surface area contributed by atoms with Crippen molar-refractivity contribution >= 4 is 40.6 Å². The zero-order valence-corrected chi connectivity index (χ0v) is 27.2. The number of aliphatic hydroxyl groups excluding tert-OH is 1. The van der Waals surface area contributed by atoms with Crippen molar-refractivity contribution in [1.29, 1.82) is 0 Å². The van der Waals surface area contributed by atoms with Crippen molar-refractivity contribution in [3.05, 3.63) is 114 Å². The predicted octanol–water partition coefficient (Wildman–Crippen LogP) is 7.41. The Morgan fingerprint density at radius 2 is 1.49 bits per heavy atom. The number of thioether (sulfide) groups is 1. The Morgan fingerprint density at radius 3 is 2.17 bits per heavy atom. The molecule has 1 saturated heterocycles. The van der Waals surface area contributed by atoms with E-state index in [1.165, 1.54) is 0 Å². The number of anilines is 3. The lowest BCUT2D eigenvalue weighted by atomic mass is 10.0. The summed E-state index contributed by atoms with van der Waals surface area (Å²) < 4.78 is 12.9. The minimum absolute atomic E-state index is 0.00399. The molecule has 1 aliphatic rings. The number of benzene rings is 3. The van der Waals surface area contributed by atoms with Crippen molar-refractivity contribution in [3.8, 4) is 0 Å². The van der Waals surface area contributed by atoms with Crippen molar-refractivity contribution in [1.82, 2.24) is 4.98 Å². The maximum absolute atomic E-state index is 12.6. The van der Waals surface area contributed by atoms with Crippen LogP contribution in [0.1, 0.15) is 74.0 Å². The molecule has 0 saturated carbocycles. The zero-order valence-electron chi connectivity index (χ0n) is 26.3. The fraction of sp³-hybridized carbons (Fsp3) is 0.324. The number of nitrogens with two attached hydrogens (primary N) is 1. The van der Waals surface area contributed by atoms with E-state index in [1.807, 2.05) is 78.9 Å². The number of hydrogen-bond donors (Lipinski definition) is 4. The van der Waals surface area contributed by atoms with Crippen LogP contribution in [-0.2, 0) is 25.7 Å². The number of pyridine rings is 1. The molecule has 5 N–H and O–H groups in total. The molecule has 2 heterocycles. The molecule has 10 heteroatoms. The first-order valence-corrected chi connectivity index (χ1v) is 17.0. The second-order valence-electron chi connectivity index (χ2n) is 11.5. The van der Waals surface area contributed by atoms with Crippen LogP contribution in [-0.4, -0.2) is 33.8 Å². The van der Waals surface area contributed by atoms with Crippen molar-refractivity contribution in [2.45, 2.75) is 75.1 Å². The Morgan fingerprint density at radius 1 is 0.809 bits per heavy atom. The van der Waals surface area contributed by atoms with Gasteiger partial charge in [-0.15, -0.1) is 11.8 Å². The number of nitrogens with one attached hydrogen (secondary N) is 2. The summed E-state index contributed by atoms with van der Waals surface area (Å²) in [5.74, 6) is 0.629. The van der Waals surface area contributed by atoms with Gasteiger partial charge < -0.3 is 30.9 Å². The first-order chi connectivity index (χ1) is 23.0. The molecule has 1 aromatic heterocycles. The maximum Gasteiger partial charge on any atom is 0.224 e. The first kappa shape index (κ1) is 34.1. The van der Waals surface area contributed by atoms with E-state index < -0.39 is 6.29 Å². The third-order valence-corrected chi connectivity index (χ3v) is 9.00. The summed E-state index contributed by atoms with van der Waals surface area (Å²) >= 11 is 1.65. The van der Waals surface area contributed by atoms with E-state index in [1.54, 1.807) is 30.1 Å². The Hall–Kier alpha value is -4.22. The largest absolute Gasteiger partial charge is 0.397 e. The van der Waals surface area contributed by atoms with E-state index in [4.69, 9.17) is 15.2 Å². The summed E-state index contributed by atoms with van der Waals surface area (Å²) in [5.41, 5.74) is 10.5. The van der Waals surface area contributed by atoms with E-state index in [-0.39, 0.29) is 30.6 Å². The zero-order chi connectivity index (χ0) is 32.8. The van der Waals surface area contributed by atoms with Crippen molar-refractivity contribution < 1.29 is 24.2 Å². The van der Waals surface area contributed by atoms with Crippen molar-refractivity contribution in [2.24, 2.45) is 0 Å². The molecule has 0 spiro atoms. The van der Waals surface area contributed by atoms with Crippen LogP contribution in [0.25, 0.3) is 0 Å². The van der Waals surface area contributed by atoms with Gasteiger partial charge in [-0.2, -0.15) is 0 Å². The molecule has 1 aliphatic heterocycles. The Kier molecular flexibility index (Phi) is 12.8. The van der Waals surface area contributed by atoms with Gasteiger partial charge in [0.1, 0.15) is 0 Å². The van der Waals surface area contributed by atoms with Gasteiger partial charge in [-0.1, -0.05) is 67.4 Å². The van der Waals surface area contributed by atoms with Crippen LogP contribution in [0.5, 0.6) is 0 Å². The lowest BCUT2D eigenvalue weighted by Gasteiger charge is -2.36. The van der Waals surface area contributed by atoms with Gasteiger partial charge in [0.2, 0.25) is 11.8 Å². The molecule has 0 radical (unpaired) electrons. The quantitative estimate of drug-likeness (QED) is 0.0591. The van der Waals surface area contributed by atoms with E-state index >= 15 is 0 Å². The molecule has 3 unspecified atom stereocenters. The van der Waals surface area contributed by atoms with Gasteiger partial charge in [0.25, 0.3) is 0 Å². The molecule has 2 amide bonds. The number of amides is 2. The van der Waals surface area contributed by atoms with Crippen LogP contribution >= 0.6 is 11.8 Å². The highest BCUT2D eigenvalue weighted by molar-refractivity contribution is 7.99. The van der Waals surface area contributed by atoms with Crippen LogP contribution in [0.4, 0.5) is 17.1 Å². The summed E-state index contributed by atoms with van der Waals surface area (Å²) in [7, 11) is 0. The molecule has 3 aromatic carbocycles. The van der Waals surface area contributed by atoms with Gasteiger partial charge >= 0.3 is 0 Å². The summed E-state index contributed by atoms with van der Waals surface area (Å²) in [6, 6.07) is 28.5. The van der Waals surface area contributed by atoms with E-state index in [0.717, 1.165) is 53.2 Å².